The van der Waals surface area contributed by atoms with Crippen LogP contribution in [0.25, 0.3) is 0 Å². The molecule has 0 aliphatic carbocycles. The molecule has 0 unspecified atom stereocenters. The highest BCUT2D eigenvalue weighted by atomic mass is 35.5. The van der Waals surface area contributed by atoms with Crippen LogP contribution in [0.5, 0.6) is 0 Å². The van der Waals surface area contributed by atoms with Crippen LogP contribution in [-0.2, 0) is 10.0 Å². The first kappa shape index (κ1) is 18.0. The Labute approximate surface area is 156 Å². The third kappa shape index (κ3) is 3.72. The van der Waals surface area contributed by atoms with Gasteiger partial charge in [0.2, 0.25) is 10.0 Å². The maximum absolute atomic E-state index is 12.8. The number of nitrogens with zero attached hydrogens (tertiary/aromatic N) is 4. The topological polar surface area (TPSA) is 77.3 Å². The molecule has 1 aliphatic rings. The Kier molecular flexibility index (Phi) is 5.16. The Bertz CT molecular complexity index is 918. The van der Waals surface area contributed by atoms with Gasteiger partial charge in [0.25, 0.3) is 0 Å². The predicted molar refractivity (Wildman–Crippen MR) is 96.4 cm³/mol. The van der Waals surface area contributed by atoms with Gasteiger partial charge in [-0.05, 0) is 30.3 Å². The number of nitriles is 1. The quantitative estimate of drug-likeness (QED) is 0.796. The van der Waals surface area contributed by atoms with Crippen molar-refractivity contribution >= 4 is 38.9 Å². The third-order valence-electron chi connectivity index (χ3n) is 3.98. The van der Waals surface area contributed by atoms with Crippen molar-refractivity contribution in [2.24, 2.45) is 0 Å². The van der Waals surface area contributed by atoms with Gasteiger partial charge in [-0.15, -0.1) is 0 Å². The molecule has 0 atom stereocenters. The average Bonchev–Trinajstić information content (AvgIpc) is 2.64. The lowest BCUT2D eigenvalue weighted by molar-refractivity contribution is 0.385. The minimum absolute atomic E-state index is 0.0233. The van der Waals surface area contributed by atoms with Crippen LogP contribution in [0.3, 0.4) is 0 Å². The summed E-state index contributed by atoms with van der Waals surface area (Å²) in [6, 6.07) is 9.83. The number of pyridine rings is 1. The number of sulfonamides is 1. The van der Waals surface area contributed by atoms with Crippen LogP contribution >= 0.6 is 23.2 Å². The third-order valence-corrected chi connectivity index (χ3v) is 6.59. The summed E-state index contributed by atoms with van der Waals surface area (Å²) < 4.78 is 27.0. The van der Waals surface area contributed by atoms with Crippen LogP contribution in [0.1, 0.15) is 5.69 Å². The van der Waals surface area contributed by atoms with E-state index in [0.29, 0.717) is 36.9 Å². The van der Waals surface area contributed by atoms with E-state index in [2.05, 4.69) is 4.98 Å². The van der Waals surface area contributed by atoms with Crippen molar-refractivity contribution in [3.05, 3.63) is 52.3 Å². The van der Waals surface area contributed by atoms with Crippen molar-refractivity contribution in [2.75, 3.05) is 31.1 Å². The summed E-state index contributed by atoms with van der Waals surface area (Å²) in [4.78, 5) is 6.09. The first-order valence-corrected chi connectivity index (χ1v) is 9.68. The van der Waals surface area contributed by atoms with E-state index < -0.39 is 10.0 Å². The maximum atomic E-state index is 12.8. The second-order valence-electron chi connectivity index (χ2n) is 5.48. The van der Waals surface area contributed by atoms with Gasteiger partial charge in [0.05, 0.1) is 16.9 Å². The Balaban J connectivity index is 1.75. The van der Waals surface area contributed by atoms with Crippen LogP contribution < -0.4 is 4.90 Å². The zero-order chi connectivity index (χ0) is 18.0. The minimum Gasteiger partial charge on any atom is -0.368 e. The monoisotopic (exact) mass is 396 g/mol. The minimum atomic E-state index is -3.70. The van der Waals surface area contributed by atoms with Gasteiger partial charge in [0.1, 0.15) is 16.7 Å². The summed E-state index contributed by atoms with van der Waals surface area (Å²) >= 11 is 12.0. The summed E-state index contributed by atoms with van der Waals surface area (Å²) in [7, 11) is -3.70. The summed E-state index contributed by atoms with van der Waals surface area (Å²) in [6.07, 6.45) is 1.62. The molecule has 0 spiro atoms. The van der Waals surface area contributed by atoms with Gasteiger partial charge < -0.3 is 4.90 Å². The van der Waals surface area contributed by atoms with E-state index in [1.807, 2.05) is 17.0 Å². The molecule has 0 amide bonds. The van der Waals surface area contributed by atoms with Crippen LogP contribution in [0, 0.1) is 11.3 Å². The number of anilines is 1. The first-order valence-electron chi connectivity index (χ1n) is 7.48. The number of rotatable bonds is 3. The van der Waals surface area contributed by atoms with E-state index in [9.17, 15) is 8.42 Å². The Hall–Kier alpha value is -1.85. The molecule has 0 saturated carbocycles. The lowest BCUT2D eigenvalue weighted by atomic mass is 10.3. The molecule has 3 rings (SSSR count). The smallest absolute Gasteiger partial charge is 0.244 e. The molecule has 130 valence electrons. The van der Waals surface area contributed by atoms with Crippen molar-refractivity contribution in [1.82, 2.24) is 9.29 Å². The number of aromatic nitrogens is 1. The number of benzene rings is 1. The van der Waals surface area contributed by atoms with Crippen LogP contribution in [-0.4, -0.2) is 43.9 Å². The lowest BCUT2D eigenvalue weighted by Crippen LogP contribution is -2.48. The Morgan fingerprint density at radius 1 is 1.08 bits per heavy atom. The number of hydrogen-bond donors (Lipinski definition) is 0. The molecule has 1 fully saturated rings. The van der Waals surface area contributed by atoms with Gasteiger partial charge in [0.15, 0.2) is 0 Å². The number of piperazine rings is 1. The molecule has 6 nitrogen and oxygen atoms in total. The molecule has 1 aromatic carbocycles. The van der Waals surface area contributed by atoms with Crippen molar-refractivity contribution in [3.8, 4) is 6.07 Å². The second kappa shape index (κ2) is 7.18. The van der Waals surface area contributed by atoms with Gasteiger partial charge in [-0.3, -0.25) is 0 Å². The zero-order valence-electron chi connectivity index (χ0n) is 13.1. The Morgan fingerprint density at radius 3 is 2.40 bits per heavy atom. The standard InChI is InChI=1S/C16H14Cl2N4O2S/c17-12-1-4-15(18)16(9-12)25(23,24)22-7-5-21(6-8-22)14-3-2-13(10-19)20-11-14/h1-4,9,11H,5-8H2. The highest BCUT2D eigenvalue weighted by Gasteiger charge is 2.30. The Morgan fingerprint density at radius 2 is 1.80 bits per heavy atom. The van der Waals surface area contributed by atoms with Crippen LogP contribution in [0.2, 0.25) is 10.0 Å². The molecule has 2 aromatic rings. The molecular formula is C16H14Cl2N4O2S. The van der Waals surface area contributed by atoms with E-state index in [1.54, 1.807) is 18.3 Å². The largest absolute Gasteiger partial charge is 0.368 e. The molecule has 9 heteroatoms. The fourth-order valence-electron chi connectivity index (χ4n) is 2.64. The normalized spacial score (nSPS) is 15.8. The molecule has 1 aliphatic heterocycles. The first-order chi connectivity index (χ1) is 11.9. The average molecular weight is 397 g/mol. The summed E-state index contributed by atoms with van der Waals surface area (Å²) in [5, 5.41) is 9.27. The molecule has 1 saturated heterocycles. The van der Waals surface area contributed by atoms with Gasteiger partial charge in [-0.2, -0.15) is 9.57 Å². The summed E-state index contributed by atoms with van der Waals surface area (Å²) in [5.41, 5.74) is 1.21. The molecule has 0 N–H and O–H groups in total. The molecule has 0 radical (unpaired) electrons. The molecule has 1 aromatic heterocycles. The highest BCUT2D eigenvalue weighted by molar-refractivity contribution is 7.89. The SMILES string of the molecule is N#Cc1ccc(N2CCN(S(=O)(=O)c3cc(Cl)ccc3Cl)CC2)cn1. The van der Waals surface area contributed by atoms with Crippen molar-refractivity contribution in [2.45, 2.75) is 4.90 Å². The van der Waals surface area contributed by atoms with Crippen molar-refractivity contribution < 1.29 is 8.42 Å². The highest BCUT2D eigenvalue weighted by Crippen LogP contribution is 2.28. The van der Waals surface area contributed by atoms with Gasteiger partial charge in [-0.1, -0.05) is 23.2 Å². The van der Waals surface area contributed by atoms with E-state index >= 15 is 0 Å². The predicted octanol–water partition coefficient (Wildman–Crippen LogP) is 2.77. The lowest BCUT2D eigenvalue weighted by Gasteiger charge is -2.35. The molecule has 25 heavy (non-hydrogen) atoms. The second-order valence-corrected chi connectivity index (χ2v) is 8.23. The van der Waals surface area contributed by atoms with Gasteiger partial charge in [0, 0.05) is 31.2 Å². The van der Waals surface area contributed by atoms with Crippen LogP contribution in [0.4, 0.5) is 5.69 Å². The van der Waals surface area contributed by atoms with Gasteiger partial charge in [-0.25, -0.2) is 13.4 Å². The maximum Gasteiger partial charge on any atom is 0.244 e. The zero-order valence-corrected chi connectivity index (χ0v) is 15.4. The van der Waals surface area contributed by atoms with Crippen molar-refractivity contribution in [1.29, 1.82) is 5.26 Å². The fourth-order valence-corrected chi connectivity index (χ4v) is 4.80. The molecular weight excluding hydrogens is 383 g/mol. The van der Waals surface area contributed by atoms with E-state index in [1.165, 1.54) is 16.4 Å². The van der Waals surface area contributed by atoms with E-state index in [-0.39, 0.29) is 9.92 Å². The number of hydrogen-bond acceptors (Lipinski definition) is 5. The van der Waals surface area contributed by atoms with E-state index in [4.69, 9.17) is 28.5 Å². The number of halogens is 2. The van der Waals surface area contributed by atoms with Crippen LogP contribution in [0.15, 0.2) is 41.4 Å². The van der Waals surface area contributed by atoms with Gasteiger partial charge >= 0.3 is 0 Å². The molecule has 0 bridgehead atoms. The van der Waals surface area contributed by atoms with E-state index in [0.717, 1.165) is 5.69 Å². The van der Waals surface area contributed by atoms with Crippen molar-refractivity contribution in [3.63, 3.8) is 0 Å². The summed E-state index contributed by atoms with van der Waals surface area (Å²) in [6.45, 7) is 1.69. The summed E-state index contributed by atoms with van der Waals surface area (Å²) in [5.74, 6) is 0. The fraction of sp³-hybridized carbons (Fsp3) is 0.250. The molecule has 2 heterocycles.